The second kappa shape index (κ2) is 10.4. The third kappa shape index (κ3) is 5.02. The first-order valence-electron chi connectivity index (χ1n) is 13.6. The van der Waals surface area contributed by atoms with E-state index < -0.39 is 17.4 Å². The van der Waals surface area contributed by atoms with Crippen molar-refractivity contribution in [3.8, 4) is 5.69 Å². The molecule has 3 aromatic rings. The van der Waals surface area contributed by atoms with Crippen molar-refractivity contribution in [1.82, 2.24) is 29.6 Å². The summed E-state index contributed by atoms with van der Waals surface area (Å²) in [7, 11) is 3.71. The average molecular weight is 545 g/mol. The molecular weight excluding hydrogens is 509 g/mol. The van der Waals surface area contributed by atoms with Crippen LogP contribution in [0.15, 0.2) is 47.5 Å². The van der Waals surface area contributed by atoms with Crippen molar-refractivity contribution in [3.63, 3.8) is 0 Å². The van der Waals surface area contributed by atoms with Crippen molar-refractivity contribution in [1.29, 1.82) is 0 Å². The lowest BCUT2D eigenvalue weighted by Gasteiger charge is -2.39. The molecule has 39 heavy (non-hydrogen) atoms. The Balaban J connectivity index is 1.39. The maximum Gasteiger partial charge on any atom is 0.418 e. The molecular formula is C28H35F3N6O2. The van der Waals surface area contributed by atoms with Gasteiger partial charge in [0.2, 0.25) is 0 Å². The van der Waals surface area contributed by atoms with Gasteiger partial charge in [-0.15, -0.1) is 0 Å². The van der Waals surface area contributed by atoms with Crippen LogP contribution in [0.25, 0.3) is 11.2 Å². The fourth-order valence-electron chi connectivity index (χ4n) is 6.38. The number of imidazole rings is 1. The van der Waals surface area contributed by atoms with Crippen LogP contribution < -0.4 is 16.5 Å². The fraction of sp³-hybridized carbons (Fsp3) is 0.536. The molecule has 11 heteroatoms. The van der Waals surface area contributed by atoms with Crippen LogP contribution in [0, 0.1) is 5.92 Å². The second-order valence-corrected chi connectivity index (χ2v) is 11.2. The van der Waals surface area contributed by atoms with Crippen LogP contribution in [-0.4, -0.2) is 65.0 Å². The molecule has 1 unspecified atom stereocenters. The lowest BCUT2D eigenvalue weighted by Crippen LogP contribution is -2.44. The molecule has 0 spiro atoms. The summed E-state index contributed by atoms with van der Waals surface area (Å²) in [6.45, 7) is 2.44. The van der Waals surface area contributed by atoms with Crippen LogP contribution in [-0.2, 0) is 17.5 Å². The monoisotopic (exact) mass is 544 g/mol. The van der Waals surface area contributed by atoms with Gasteiger partial charge in [0, 0.05) is 45.1 Å². The summed E-state index contributed by atoms with van der Waals surface area (Å²) in [4.78, 5) is 17.9. The Morgan fingerprint density at radius 1 is 1.15 bits per heavy atom. The summed E-state index contributed by atoms with van der Waals surface area (Å²) in [5.41, 5.74) is 7.22. The van der Waals surface area contributed by atoms with Gasteiger partial charge in [-0.25, -0.2) is 15.6 Å². The Morgan fingerprint density at radius 3 is 2.62 bits per heavy atom. The van der Waals surface area contributed by atoms with E-state index in [9.17, 15) is 18.0 Å². The number of aromatic nitrogens is 2. The third-order valence-corrected chi connectivity index (χ3v) is 8.68. The minimum absolute atomic E-state index is 0.0747. The summed E-state index contributed by atoms with van der Waals surface area (Å²) >= 11 is 0. The number of rotatable bonds is 7. The number of pyridine rings is 1. The molecule has 1 aliphatic carbocycles. The first-order chi connectivity index (χ1) is 18.7. The lowest BCUT2D eigenvalue weighted by molar-refractivity contribution is -0.136. The van der Waals surface area contributed by atoms with E-state index in [1.54, 1.807) is 19.4 Å². The fourth-order valence-corrected chi connectivity index (χ4v) is 6.38. The number of nitrogens with one attached hydrogen (secondary N) is 2. The van der Waals surface area contributed by atoms with Crippen LogP contribution in [0.2, 0.25) is 0 Å². The second-order valence-electron chi connectivity index (χ2n) is 11.2. The van der Waals surface area contributed by atoms with Crippen LogP contribution in [0.5, 0.6) is 0 Å². The van der Waals surface area contributed by atoms with Crippen molar-refractivity contribution in [3.05, 3.63) is 69.9 Å². The van der Waals surface area contributed by atoms with Crippen molar-refractivity contribution in [2.45, 2.75) is 56.6 Å². The van der Waals surface area contributed by atoms with E-state index in [0.29, 0.717) is 30.3 Å². The Bertz CT molecular complexity index is 1400. The normalized spacial score (nSPS) is 24.0. The highest BCUT2D eigenvalue weighted by atomic mass is 19.4. The van der Waals surface area contributed by atoms with Gasteiger partial charge in [-0.2, -0.15) is 13.2 Å². The van der Waals surface area contributed by atoms with Crippen molar-refractivity contribution in [2.75, 3.05) is 33.9 Å². The van der Waals surface area contributed by atoms with Crippen LogP contribution in [0.4, 0.5) is 13.2 Å². The largest absolute Gasteiger partial charge is 0.418 e. The average Bonchev–Trinajstić information content (AvgIpc) is 3.60. The molecule has 3 aliphatic rings. The number of methoxy groups -OCH3 is 1. The predicted octanol–water partition coefficient (Wildman–Crippen LogP) is 3.54. The number of likely N-dealkylation sites (tertiary alicyclic amines) is 1. The van der Waals surface area contributed by atoms with E-state index in [1.165, 1.54) is 23.3 Å². The molecule has 3 fully saturated rings. The standard InChI is InChI=1S/C28H35F3N6O2/c1-34-17-32-33-26(34)25(19-5-3-6-19)20-7-4-8-21(12-20)36-16-24-23(28(29,30)31)11-18(14-37(24)27(36)38)13-35-10-9-22(15-35)39-2/h4,7-8,11-12,14,16,19,22,25-26,32-33H,3,5-6,9-10,13,15,17H2,1-2H3/t22-,25-,26?/m1/s1. The first kappa shape index (κ1) is 26.5. The Morgan fingerprint density at radius 2 is 1.97 bits per heavy atom. The highest BCUT2D eigenvalue weighted by Crippen LogP contribution is 2.42. The number of halogens is 3. The van der Waals surface area contributed by atoms with Crippen molar-refractivity contribution >= 4 is 5.52 Å². The molecule has 8 nitrogen and oxygen atoms in total. The van der Waals surface area contributed by atoms with Gasteiger partial charge < -0.3 is 4.74 Å². The number of hydrazine groups is 1. The molecule has 2 aliphatic heterocycles. The molecule has 210 valence electrons. The van der Waals surface area contributed by atoms with Crippen molar-refractivity contribution < 1.29 is 17.9 Å². The van der Waals surface area contributed by atoms with Gasteiger partial charge >= 0.3 is 11.9 Å². The van der Waals surface area contributed by atoms with Crippen molar-refractivity contribution in [2.24, 2.45) is 5.92 Å². The van der Waals surface area contributed by atoms with Gasteiger partial charge in [0.15, 0.2) is 0 Å². The smallest absolute Gasteiger partial charge is 0.380 e. The summed E-state index contributed by atoms with van der Waals surface area (Å²) in [5.74, 6) is 0.702. The summed E-state index contributed by atoms with van der Waals surface area (Å²) < 4.78 is 50.5. The minimum Gasteiger partial charge on any atom is -0.380 e. The van der Waals surface area contributed by atoms with E-state index in [-0.39, 0.29) is 23.7 Å². The van der Waals surface area contributed by atoms with Gasteiger partial charge in [-0.1, -0.05) is 18.6 Å². The third-order valence-electron chi connectivity index (χ3n) is 8.68. The summed E-state index contributed by atoms with van der Waals surface area (Å²) in [6.07, 6.45) is 2.75. The van der Waals surface area contributed by atoms with Gasteiger partial charge in [-0.3, -0.25) is 18.8 Å². The number of ether oxygens (including phenoxy) is 1. The molecule has 1 aromatic carbocycles. The SMILES string of the molecule is CO[C@@H]1CCN(Cc2cc(C(F)(F)F)c3cn(-c4cccc([C@@H](C5CCC5)C5NNCN5C)c4)c(=O)n3c2)C1. The number of fused-ring (bicyclic) bond motifs is 1. The van der Waals surface area contributed by atoms with Crippen LogP contribution >= 0.6 is 0 Å². The summed E-state index contributed by atoms with van der Waals surface area (Å²) in [6, 6.07) is 8.88. The number of nitrogens with zero attached hydrogens (tertiary/aromatic N) is 4. The lowest BCUT2D eigenvalue weighted by atomic mass is 9.71. The van der Waals surface area contributed by atoms with E-state index in [1.807, 2.05) is 12.1 Å². The molecule has 2 N–H and O–H groups in total. The van der Waals surface area contributed by atoms with E-state index in [2.05, 4.69) is 33.8 Å². The highest BCUT2D eigenvalue weighted by molar-refractivity contribution is 5.58. The predicted molar refractivity (Wildman–Crippen MR) is 141 cm³/mol. The number of benzene rings is 1. The molecule has 2 aromatic heterocycles. The number of hydrogen-bond donors (Lipinski definition) is 2. The maximum absolute atomic E-state index is 14.2. The number of likely N-dealkylation sites (N-methyl/N-ethyl adjacent to an activating group) is 1. The van der Waals surface area contributed by atoms with E-state index >= 15 is 0 Å². The molecule has 0 amide bonds. The molecule has 1 saturated carbocycles. The zero-order valence-corrected chi connectivity index (χ0v) is 22.2. The molecule has 0 bridgehead atoms. The number of hydrogen-bond acceptors (Lipinski definition) is 6. The first-order valence-corrected chi connectivity index (χ1v) is 13.6. The highest BCUT2D eigenvalue weighted by Gasteiger charge is 2.39. The van der Waals surface area contributed by atoms with Crippen LogP contribution in [0.3, 0.4) is 0 Å². The molecule has 3 atom stereocenters. The molecule has 2 saturated heterocycles. The number of alkyl halides is 3. The van der Waals surface area contributed by atoms with Gasteiger partial charge in [0.25, 0.3) is 0 Å². The van der Waals surface area contributed by atoms with Gasteiger partial charge in [0.1, 0.15) is 0 Å². The summed E-state index contributed by atoms with van der Waals surface area (Å²) in [5, 5.41) is 0. The molecule has 4 heterocycles. The minimum atomic E-state index is -4.59. The molecule has 0 radical (unpaired) electrons. The quantitative estimate of drug-likeness (QED) is 0.475. The molecule has 6 rings (SSSR count). The zero-order chi connectivity index (χ0) is 27.3. The van der Waals surface area contributed by atoms with E-state index in [0.717, 1.165) is 42.4 Å². The van der Waals surface area contributed by atoms with E-state index in [4.69, 9.17) is 4.74 Å². The zero-order valence-electron chi connectivity index (χ0n) is 22.2. The van der Waals surface area contributed by atoms with Gasteiger partial charge in [0.05, 0.1) is 35.7 Å². The Kier molecular flexibility index (Phi) is 7.05. The Labute approximate surface area is 225 Å². The van der Waals surface area contributed by atoms with Crippen LogP contribution in [0.1, 0.15) is 48.3 Å². The topological polar surface area (TPSA) is 66.2 Å². The maximum atomic E-state index is 14.2. The Hall–Kier alpha value is -2.70. The van der Waals surface area contributed by atoms with Gasteiger partial charge in [-0.05, 0) is 61.6 Å².